The predicted molar refractivity (Wildman–Crippen MR) is 384 cm³/mol. The molecule has 16 nitrogen and oxygen atoms in total. The summed E-state index contributed by atoms with van der Waals surface area (Å²) in [5, 5.41) is 19.7. The first-order valence-corrected chi connectivity index (χ1v) is 32.8. The van der Waals surface area contributed by atoms with Crippen molar-refractivity contribution in [2.45, 2.75) is 71.9 Å². The topological polar surface area (TPSA) is 192 Å². The Hall–Kier alpha value is -11.1. The van der Waals surface area contributed by atoms with E-state index in [1.807, 2.05) is 119 Å². The van der Waals surface area contributed by atoms with E-state index in [1.54, 1.807) is 130 Å². The number of amides is 2. The van der Waals surface area contributed by atoms with Crippen LogP contribution in [0.25, 0.3) is 76.2 Å². The molecule has 8 aromatic heterocycles. The van der Waals surface area contributed by atoms with Crippen molar-refractivity contribution in [2.75, 3.05) is 0 Å². The highest BCUT2D eigenvalue weighted by Crippen LogP contribution is 2.36. The Morgan fingerprint density at radius 1 is 0.531 bits per heavy atom. The number of thiophene rings is 1. The van der Waals surface area contributed by atoms with Gasteiger partial charge in [0.1, 0.15) is 5.56 Å². The number of aromatic nitrogens is 8. The van der Waals surface area contributed by atoms with Crippen molar-refractivity contribution < 1.29 is 22.8 Å². The molecule has 0 fully saturated rings. The lowest BCUT2D eigenvalue weighted by atomic mass is 10.0. The Morgan fingerprint density at radius 2 is 1.03 bits per heavy atom. The van der Waals surface area contributed by atoms with Crippen molar-refractivity contribution >= 4 is 111 Å². The zero-order chi connectivity index (χ0) is 69.3. The molecule has 14 rings (SSSR count). The van der Waals surface area contributed by atoms with Crippen LogP contribution in [-0.4, -0.2) is 50.1 Å². The molecule has 0 saturated heterocycles. The van der Waals surface area contributed by atoms with Gasteiger partial charge in [-0.3, -0.25) is 43.1 Å². The van der Waals surface area contributed by atoms with E-state index in [9.17, 15) is 37.1 Å². The van der Waals surface area contributed by atoms with Crippen molar-refractivity contribution in [3.05, 3.63) is 305 Å². The van der Waals surface area contributed by atoms with E-state index >= 15 is 0 Å². The normalized spacial score (nSPS) is 12.4. The number of hydrogen-bond acceptors (Lipinski definition) is 11. The SMILES string of the molecule is C=C(N[C@@H](C)c1cc2cccc(Cl)c2c(=O)n1-c1ccccc1)c1csc2cccnc12.C[C@H](NC(=O)c1cccc2cccnc12)c1cc2cccc(C(F)(F)F)c2c(=O)n1-c1ccccc1.Cc1nn2cccnc2c1C(=O)N[C@@H](C)c1cc2cccc(Cl)c2c(=O)n1C(C)C. The van der Waals surface area contributed by atoms with E-state index in [0.717, 1.165) is 55.1 Å². The second kappa shape index (κ2) is 28.0. The summed E-state index contributed by atoms with van der Waals surface area (Å²) in [4.78, 5) is 79.8. The molecule has 0 saturated carbocycles. The number of rotatable bonds is 13. The Bertz CT molecular complexity index is 5610. The van der Waals surface area contributed by atoms with Crippen molar-refractivity contribution in [3.63, 3.8) is 0 Å². The standard InChI is InChI=1S/C28H20F3N3O2.C26H20ClN3OS.C22H22ClN5O2/c1-17(33-26(35)21-13-5-8-18-10-7-15-32-25(18)21)23-16-19-9-6-14-22(28(29,30)31)24(19)27(36)34(23)20-11-3-2-4-12-20;1-16(20-15-32-23-12-7-13-28-25(20)23)29-17(2)22-14-18-8-6-11-21(27)24(18)26(31)30(22)19-9-4-3-5-10-19;1-12(2)28-17(11-15-7-5-8-16(23)19(15)22(28)30)13(3)25-21(29)18-14(4)26-27-10-6-9-24-20(18)27/h2-17H,1H3,(H,33,35);3-15,17,29H,1H2,2H3;5-13H,1-4H3,(H,25,29)/t2*17-;13-/m000/s1. The number of para-hydroxylation sites is 3. The second-order valence-corrected chi connectivity index (χ2v) is 25.3. The number of nitrogens with zero attached hydrogens (tertiary/aromatic N) is 8. The number of benzene rings is 6. The van der Waals surface area contributed by atoms with E-state index in [-0.39, 0.29) is 34.5 Å². The van der Waals surface area contributed by atoms with E-state index in [4.69, 9.17) is 23.2 Å². The van der Waals surface area contributed by atoms with Gasteiger partial charge in [0.25, 0.3) is 28.5 Å². The summed E-state index contributed by atoms with van der Waals surface area (Å²) in [5.74, 6) is -0.703. The maximum Gasteiger partial charge on any atom is 0.417 e. The summed E-state index contributed by atoms with van der Waals surface area (Å²) in [6.07, 6.45) is 2.06. The molecule has 492 valence electrons. The van der Waals surface area contributed by atoms with E-state index < -0.39 is 40.7 Å². The molecule has 6 aromatic carbocycles. The number of alkyl halides is 3. The largest absolute Gasteiger partial charge is 0.417 e. The van der Waals surface area contributed by atoms with E-state index in [0.29, 0.717) is 65.9 Å². The molecule has 0 aliphatic heterocycles. The van der Waals surface area contributed by atoms with E-state index in [1.165, 1.54) is 22.8 Å². The molecule has 2 amide bonds. The lowest BCUT2D eigenvalue weighted by molar-refractivity contribution is -0.136. The molecule has 0 spiro atoms. The highest BCUT2D eigenvalue weighted by molar-refractivity contribution is 7.17. The molecular formula is C76H62Cl2F3N11O5S. The molecule has 3 atom stereocenters. The number of carbonyl (C=O) groups is 2. The first-order valence-electron chi connectivity index (χ1n) is 31.2. The maximum absolute atomic E-state index is 13.8. The average Bonchev–Trinajstić information content (AvgIpc) is 1.04. The number of pyridine rings is 5. The molecule has 98 heavy (non-hydrogen) atoms. The smallest absolute Gasteiger partial charge is 0.377 e. The van der Waals surface area contributed by atoms with Gasteiger partial charge in [-0.05, 0) is 149 Å². The predicted octanol–water partition coefficient (Wildman–Crippen LogP) is 16.7. The van der Waals surface area contributed by atoms with Gasteiger partial charge in [-0.15, -0.1) is 11.3 Å². The molecule has 0 aliphatic carbocycles. The van der Waals surface area contributed by atoms with Crippen LogP contribution < -0.4 is 32.6 Å². The highest BCUT2D eigenvalue weighted by Gasteiger charge is 2.35. The molecule has 14 aromatic rings. The first-order chi connectivity index (χ1) is 47.1. The Kier molecular flexibility index (Phi) is 19.1. The summed E-state index contributed by atoms with van der Waals surface area (Å²) in [6, 6.07) is 51.1. The van der Waals surface area contributed by atoms with Crippen LogP contribution in [-0.2, 0) is 6.18 Å². The highest BCUT2D eigenvalue weighted by atomic mass is 35.5. The van der Waals surface area contributed by atoms with Gasteiger partial charge in [-0.2, -0.15) is 18.3 Å². The van der Waals surface area contributed by atoms with Crippen LogP contribution in [0.5, 0.6) is 0 Å². The summed E-state index contributed by atoms with van der Waals surface area (Å²) in [6.45, 7) is 15.5. The number of halogens is 5. The molecule has 3 N–H and O–H groups in total. The fourth-order valence-electron chi connectivity index (χ4n) is 12.2. The minimum atomic E-state index is -4.70. The fraction of sp³-hybridized carbons (Fsp3) is 0.145. The summed E-state index contributed by atoms with van der Waals surface area (Å²) >= 11 is 14.3. The number of aryl methyl sites for hydroxylation is 1. The van der Waals surface area contributed by atoms with Crippen molar-refractivity contribution in [3.8, 4) is 11.4 Å². The summed E-state index contributed by atoms with van der Waals surface area (Å²) in [7, 11) is 0. The summed E-state index contributed by atoms with van der Waals surface area (Å²) in [5.41, 5.74) is 5.98. The van der Waals surface area contributed by atoms with Gasteiger partial charge in [0.05, 0.1) is 76.9 Å². The Labute approximate surface area is 572 Å². The van der Waals surface area contributed by atoms with Crippen molar-refractivity contribution in [1.82, 2.24) is 54.2 Å². The average molecular weight is 1370 g/mol. The van der Waals surface area contributed by atoms with Gasteiger partial charge >= 0.3 is 6.18 Å². The van der Waals surface area contributed by atoms with Crippen LogP contribution in [0.2, 0.25) is 10.0 Å². The number of hydrogen-bond donors (Lipinski definition) is 3. The van der Waals surface area contributed by atoms with Crippen LogP contribution in [0.1, 0.15) is 113 Å². The third-order valence-corrected chi connectivity index (χ3v) is 18.3. The quantitative estimate of drug-likeness (QED) is 0.100. The zero-order valence-electron chi connectivity index (χ0n) is 53.6. The molecule has 8 heterocycles. The molecule has 22 heteroatoms. The van der Waals surface area contributed by atoms with Crippen LogP contribution in [0, 0.1) is 6.92 Å². The lowest BCUT2D eigenvalue weighted by Gasteiger charge is -2.23. The Morgan fingerprint density at radius 3 is 1.65 bits per heavy atom. The minimum absolute atomic E-state index is 0.104. The molecule has 0 radical (unpaired) electrons. The number of carbonyl (C=O) groups excluding carboxylic acids is 2. The number of fused-ring (bicyclic) bond motifs is 6. The van der Waals surface area contributed by atoms with Crippen molar-refractivity contribution in [2.24, 2.45) is 0 Å². The van der Waals surface area contributed by atoms with E-state index in [2.05, 4.69) is 48.0 Å². The van der Waals surface area contributed by atoms with Gasteiger partial charge in [0, 0.05) is 81.3 Å². The molecule has 0 bridgehead atoms. The first kappa shape index (κ1) is 66.9. The summed E-state index contributed by atoms with van der Waals surface area (Å²) < 4.78 is 48.6. The zero-order valence-corrected chi connectivity index (χ0v) is 56.0. The van der Waals surface area contributed by atoms with Crippen LogP contribution >= 0.6 is 34.5 Å². The molecule has 0 aliphatic rings. The number of nitrogens with one attached hydrogen (secondary N) is 3. The molecule has 0 unspecified atom stereocenters. The lowest BCUT2D eigenvalue weighted by Crippen LogP contribution is -2.33. The Balaban J connectivity index is 0.000000141. The van der Waals surface area contributed by atoms with Crippen LogP contribution in [0.3, 0.4) is 0 Å². The minimum Gasteiger partial charge on any atom is -0.377 e. The van der Waals surface area contributed by atoms with Crippen LogP contribution in [0.4, 0.5) is 13.2 Å². The second-order valence-electron chi connectivity index (χ2n) is 23.6. The molecular weight excluding hydrogens is 1310 g/mol. The van der Waals surface area contributed by atoms with Gasteiger partial charge < -0.3 is 20.5 Å². The van der Waals surface area contributed by atoms with Crippen LogP contribution in [0.15, 0.2) is 233 Å². The van der Waals surface area contributed by atoms with Crippen molar-refractivity contribution in [1.29, 1.82) is 0 Å². The van der Waals surface area contributed by atoms with Gasteiger partial charge in [0.15, 0.2) is 5.65 Å². The monoisotopic (exact) mass is 1370 g/mol. The van der Waals surface area contributed by atoms with Gasteiger partial charge in [-0.1, -0.05) is 121 Å². The van der Waals surface area contributed by atoms with Gasteiger partial charge in [-0.25, -0.2) is 9.50 Å². The third kappa shape index (κ3) is 13.2. The third-order valence-electron chi connectivity index (χ3n) is 16.8. The maximum atomic E-state index is 13.8. The fourth-order valence-corrected chi connectivity index (χ4v) is 13.7. The van der Waals surface area contributed by atoms with Gasteiger partial charge in [0.2, 0.25) is 0 Å².